The Morgan fingerprint density at radius 3 is 1.62 bits per heavy atom. The van der Waals surface area contributed by atoms with Gasteiger partial charge in [-0.2, -0.15) is 0 Å². The number of rotatable bonds is 7. The summed E-state index contributed by atoms with van der Waals surface area (Å²) in [6.07, 6.45) is 0. The highest BCUT2D eigenvalue weighted by Gasteiger charge is 2.53. The third-order valence-electron chi connectivity index (χ3n) is 6.46. The van der Waals surface area contributed by atoms with Gasteiger partial charge < -0.3 is 9.47 Å². The highest BCUT2D eigenvalue weighted by atomic mass is 16.6. The van der Waals surface area contributed by atoms with Crippen LogP contribution < -0.4 is 0 Å². The molecule has 0 aromatic heterocycles. The number of carbonyl (C=O) groups is 2. The molecule has 4 rings (SSSR count). The molecule has 0 saturated carbocycles. The summed E-state index contributed by atoms with van der Waals surface area (Å²) in [5.41, 5.74) is 4.68. The van der Waals surface area contributed by atoms with Crippen LogP contribution in [-0.4, -0.2) is 25.2 Å². The Bertz CT molecular complexity index is 1060. The van der Waals surface area contributed by atoms with Crippen LogP contribution in [0.1, 0.15) is 43.4 Å². The van der Waals surface area contributed by atoms with E-state index in [1.165, 1.54) is 0 Å². The van der Waals surface area contributed by atoms with Crippen molar-refractivity contribution < 1.29 is 19.1 Å². The number of fused-ring (bicyclic) bond motifs is 3. The molecule has 3 aromatic rings. The van der Waals surface area contributed by atoms with E-state index in [9.17, 15) is 9.59 Å². The first-order valence-corrected chi connectivity index (χ1v) is 11.1. The lowest BCUT2D eigenvalue weighted by atomic mass is 9.62. The number of ether oxygens (including phenoxy) is 2. The van der Waals surface area contributed by atoms with Gasteiger partial charge in [-0.15, -0.1) is 0 Å². The van der Waals surface area contributed by atoms with Gasteiger partial charge in [0.25, 0.3) is 0 Å². The fourth-order valence-corrected chi connectivity index (χ4v) is 5.17. The predicted molar refractivity (Wildman–Crippen MR) is 124 cm³/mol. The van der Waals surface area contributed by atoms with Crippen molar-refractivity contribution in [1.82, 2.24) is 0 Å². The summed E-state index contributed by atoms with van der Waals surface area (Å²) in [6, 6.07) is 26.2. The summed E-state index contributed by atoms with van der Waals surface area (Å²) in [5, 5.41) is 0. The number of benzene rings is 3. The van der Waals surface area contributed by atoms with E-state index in [1.54, 1.807) is 13.8 Å². The fraction of sp³-hybridized carbons (Fsp3) is 0.286. The predicted octanol–water partition coefficient (Wildman–Crippen LogP) is 5.50. The fourth-order valence-electron chi connectivity index (χ4n) is 5.17. The van der Waals surface area contributed by atoms with Gasteiger partial charge in [-0.05, 0) is 41.7 Å². The number of carbonyl (C=O) groups excluding carboxylic acids is 2. The lowest BCUT2D eigenvalue weighted by Crippen LogP contribution is -2.43. The lowest BCUT2D eigenvalue weighted by Gasteiger charge is -2.39. The van der Waals surface area contributed by atoms with Crippen molar-refractivity contribution in [2.75, 3.05) is 13.2 Å². The van der Waals surface area contributed by atoms with Crippen LogP contribution in [0.3, 0.4) is 0 Å². The molecule has 0 heterocycles. The van der Waals surface area contributed by atoms with Gasteiger partial charge in [0.1, 0.15) is 0 Å². The molecule has 1 aliphatic carbocycles. The van der Waals surface area contributed by atoms with Crippen molar-refractivity contribution >= 4 is 11.9 Å². The van der Waals surface area contributed by atoms with E-state index in [2.05, 4.69) is 31.2 Å². The summed E-state index contributed by atoms with van der Waals surface area (Å²) in [4.78, 5) is 26.5. The Hall–Kier alpha value is -3.40. The van der Waals surface area contributed by atoms with Gasteiger partial charge in [0.2, 0.25) is 0 Å². The Balaban J connectivity index is 2.01. The molecule has 1 atom stereocenters. The maximum atomic E-state index is 13.3. The van der Waals surface area contributed by atoms with Crippen LogP contribution in [0.5, 0.6) is 0 Å². The van der Waals surface area contributed by atoms with Gasteiger partial charge >= 0.3 is 11.9 Å². The molecule has 0 fully saturated rings. The van der Waals surface area contributed by atoms with Gasteiger partial charge in [0, 0.05) is 11.3 Å². The minimum absolute atomic E-state index is 0.195. The Morgan fingerprint density at radius 2 is 1.16 bits per heavy atom. The van der Waals surface area contributed by atoms with Crippen molar-refractivity contribution in [3.8, 4) is 11.1 Å². The van der Waals surface area contributed by atoms with Crippen LogP contribution in [0.4, 0.5) is 0 Å². The molecule has 0 bridgehead atoms. The Labute approximate surface area is 189 Å². The smallest absolute Gasteiger partial charge is 0.320 e. The van der Waals surface area contributed by atoms with Crippen LogP contribution in [0.2, 0.25) is 0 Å². The molecule has 3 aromatic carbocycles. The Kier molecular flexibility index (Phi) is 6.13. The number of esters is 2. The second-order valence-corrected chi connectivity index (χ2v) is 8.16. The van der Waals surface area contributed by atoms with Gasteiger partial charge in [-0.3, -0.25) is 9.59 Å². The SMILES string of the molecule is CCOC(=O)C(C(=O)OCC)[C@H](c1ccccc1)C1(C)c2ccccc2-c2ccccc21. The summed E-state index contributed by atoms with van der Waals surface area (Å²) >= 11 is 0. The monoisotopic (exact) mass is 428 g/mol. The van der Waals surface area contributed by atoms with E-state index in [-0.39, 0.29) is 13.2 Å². The van der Waals surface area contributed by atoms with Gasteiger partial charge in [-0.1, -0.05) is 85.8 Å². The van der Waals surface area contributed by atoms with Crippen LogP contribution in [-0.2, 0) is 24.5 Å². The highest BCUT2D eigenvalue weighted by molar-refractivity contribution is 5.97. The second-order valence-electron chi connectivity index (χ2n) is 8.16. The van der Waals surface area contributed by atoms with Crippen LogP contribution in [0.25, 0.3) is 11.1 Å². The largest absolute Gasteiger partial charge is 0.465 e. The summed E-state index contributed by atoms with van der Waals surface area (Å²) in [6.45, 7) is 6.01. The number of hydrogen-bond donors (Lipinski definition) is 0. The zero-order chi connectivity index (χ0) is 22.7. The van der Waals surface area contributed by atoms with Crippen LogP contribution in [0.15, 0.2) is 78.9 Å². The molecular formula is C28H28O4. The molecule has 0 saturated heterocycles. The third-order valence-corrected chi connectivity index (χ3v) is 6.46. The van der Waals surface area contributed by atoms with Crippen molar-refractivity contribution in [3.05, 3.63) is 95.6 Å². The highest BCUT2D eigenvalue weighted by Crippen LogP contribution is 2.57. The van der Waals surface area contributed by atoms with Gasteiger partial charge in [-0.25, -0.2) is 0 Å². The minimum atomic E-state index is -1.10. The topological polar surface area (TPSA) is 52.6 Å². The first-order valence-electron chi connectivity index (χ1n) is 11.1. The molecule has 164 valence electrons. The lowest BCUT2D eigenvalue weighted by molar-refractivity contribution is -0.163. The molecule has 1 aliphatic rings. The van der Waals surface area contributed by atoms with E-state index in [0.717, 1.165) is 27.8 Å². The zero-order valence-electron chi connectivity index (χ0n) is 18.7. The molecule has 4 nitrogen and oxygen atoms in total. The molecule has 4 heteroatoms. The summed E-state index contributed by atoms with van der Waals surface area (Å²) in [5.74, 6) is -2.71. The molecular weight excluding hydrogens is 400 g/mol. The molecule has 32 heavy (non-hydrogen) atoms. The second kappa shape index (κ2) is 8.99. The third kappa shape index (κ3) is 3.50. The standard InChI is InChI=1S/C28H28O4/c1-4-31-26(29)24(27(30)32-5-2)25(19-13-7-6-8-14-19)28(3)22-17-11-9-15-20(22)21-16-10-12-18-23(21)28/h6-18,24-25H,4-5H2,1-3H3/t25-/m0/s1. The molecule has 0 N–H and O–H groups in total. The maximum absolute atomic E-state index is 13.3. The molecule has 0 amide bonds. The van der Waals surface area contributed by atoms with E-state index >= 15 is 0 Å². The Morgan fingerprint density at radius 1 is 0.719 bits per heavy atom. The summed E-state index contributed by atoms with van der Waals surface area (Å²) in [7, 11) is 0. The van der Waals surface area contributed by atoms with Crippen molar-refractivity contribution in [1.29, 1.82) is 0 Å². The van der Waals surface area contributed by atoms with Crippen LogP contribution >= 0.6 is 0 Å². The molecule has 0 radical (unpaired) electrons. The van der Waals surface area contributed by atoms with E-state index in [1.807, 2.05) is 54.6 Å². The quantitative estimate of drug-likeness (QED) is 0.368. The molecule has 0 aliphatic heterocycles. The maximum Gasteiger partial charge on any atom is 0.320 e. The van der Waals surface area contributed by atoms with Gasteiger partial charge in [0.05, 0.1) is 13.2 Å². The average Bonchev–Trinajstić information content (AvgIpc) is 3.08. The minimum Gasteiger partial charge on any atom is -0.465 e. The van der Waals surface area contributed by atoms with E-state index < -0.39 is 29.2 Å². The zero-order valence-corrected chi connectivity index (χ0v) is 18.7. The van der Waals surface area contributed by atoms with Crippen molar-refractivity contribution in [2.24, 2.45) is 5.92 Å². The van der Waals surface area contributed by atoms with E-state index in [0.29, 0.717) is 0 Å². The number of hydrogen-bond acceptors (Lipinski definition) is 4. The summed E-state index contributed by atoms with van der Waals surface area (Å²) < 4.78 is 10.8. The normalized spacial score (nSPS) is 14.4. The van der Waals surface area contributed by atoms with Crippen molar-refractivity contribution in [3.63, 3.8) is 0 Å². The first-order chi connectivity index (χ1) is 15.5. The van der Waals surface area contributed by atoms with E-state index in [4.69, 9.17) is 9.47 Å². The first kappa shape index (κ1) is 21.8. The molecule has 0 unspecified atom stereocenters. The average molecular weight is 429 g/mol. The van der Waals surface area contributed by atoms with Gasteiger partial charge in [0.15, 0.2) is 5.92 Å². The molecule has 0 spiro atoms. The van der Waals surface area contributed by atoms with Crippen molar-refractivity contribution in [2.45, 2.75) is 32.1 Å². The van der Waals surface area contributed by atoms with Crippen LogP contribution in [0, 0.1) is 5.92 Å².